The van der Waals surface area contributed by atoms with E-state index in [1.54, 1.807) is 0 Å². The zero-order valence-electron chi connectivity index (χ0n) is 13.4. The van der Waals surface area contributed by atoms with Crippen LogP contribution in [0.25, 0.3) is 0 Å². The van der Waals surface area contributed by atoms with Crippen molar-refractivity contribution in [1.82, 2.24) is 10.2 Å². The van der Waals surface area contributed by atoms with Gasteiger partial charge in [-0.05, 0) is 33.1 Å². The Morgan fingerprint density at radius 2 is 1.85 bits per heavy atom. The Bertz CT molecular complexity index is 299. The molecule has 1 amide bonds. The summed E-state index contributed by atoms with van der Waals surface area (Å²) in [5.41, 5.74) is 0. The third-order valence-corrected chi connectivity index (χ3v) is 3.69. The number of ether oxygens (including phenoxy) is 1. The molecule has 2 N–H and O–H groups in total. The molecular formula is C15H30N2O3. The number of hydrogen-bond acceptors (Lipinski definition) is 4. The van der Waals surface area contributed by atoms with E-state index >= 15 is 0 Å². The summed E-state index contributed by atoms with van der Waals surface area (Å²) in [4.78, 5) is 14.7. The summed E-state index contributed by atoms with van der Waals surface area (Å²) in [6.45, 7) is 11.8. The summed E-state index contributed by atoms with van der Waals surface area (Å²) in [6, 6.07) is -0.130. The number of amides is 1. The standard InChI is InChI=1S/C15H30N2O3/c1-10(2)14(15(19)16-11(3)6-7-18)17-8-12(4)20-13(5)9-17/h10-14,18H,6-9H2,1-5H3,(H,16,19). The van der Waals surface area contributed by atoms with E-state index in [4.69, 9.17) is 9.84 Å². The molecule has 5 nitrogen and oxygen atoms in total. The van der Waals surface area contributed by atoms with Gasteiger partial charge in [0.1, 0.15) is 0 Å². The van der Waals surface area contributed by atoms with Crippen molar-refractivity contribution < 1.29 is 14.6 Å². The zero-order valence-corrected chi connectivity index (χ0v) is 13.4. The molecule has 20 heavy (non-hydrogen) atoms. The number of hydrogen-bond donors (Lipinski definition) is 2. The average Bonchev–Trinajstić information content (AvgIpc) is 2.26. The monoisotopic (exact) mass is 286 g/mol. The van der Waals surface area contributed by atoms with E-state index in [0.29, 0.717) is 6.42 Å². The molecule has 1 rings (SSSR count). The lowest BCUT2D eigenvalue weighted by atomic mass is 9.99. The highest BCUT2D eigenvalue weighted by Gasteiger charge is 2.34. The van der Waals surface area contributed by atoms with Crippen LogP contribution in [-0.2, 0) is 9.53 Å². The van der Waals surface area contributed by atoms with Crippen LogP contribution in [0.1, 0.15) is 41.0 Å². The fraction of sp³-hybridized carbons (Fsp3) is 0.933. The summed E-state index contributed by atoms with van der Waals surface area (Å²) in [5, 5.41) is 11.9. The number of carbonyl (C=O) groups excluding carboxylic acids is 1. The molecule has 0 saturated carbocycles. The maximum absolute atomic E-state index is 12.5. The molecule has 4 unspecified atom stereocenters. The van der Waals surface area contributed by atoms with Gasteiger partial charge in [0.25, 0.3) is 0 Å². The van der Waals surface area contributed by atoms with Gasteiger partial charge in [-0.15, -0.1) is 0 Å². The molecule has 0 aromatic rings. The lowest BCUT2D eigenvalue weighted by Crippen LogP contribution is -2.57. The lowest BCUT2D eigenvalue weighted by Gasteiger charge is -2.41. The minimum atomic E-state index is -0.134. The van der Waals surface area contributed by atoms with E-state index in [9.17, 15) is 4.79 Å². The molecule has 0 aliphatic carbocycles. The van der Waals surface area contributed by atoms with Crippen molar-refractivity contribution in [2.45, 2.75) is 65.3 Å². The fourth-order valence-electron chi connectivity index (χ4n) is 2.93. The second-order valence-corrected chi connectivity index (χ2v) is 6.32. The summed E-state index contributed by atoms with van der Waals surface area (Å²) in [7, 11) is 0. The first kappa shape index (κ1) is 17.4. The number of aliphatic hydroxyl groups is 1. The van der Waals surface area contributed by atoms with Gasteiger partial charge in [0.2, 0.25) is 5.91 Å². The summed E-state index contributed by atoms with van der Waals surface area (Å²) >= 11 is 0. The second-order valence-electron chi connectivity index (χ2n) is 6.32. The van der Waals surface area contributed by atoms with E-state index in [1.165, 1.54) is 0 Å². The Balaban J connectivity index is 2.70. The fourth-order valence-corrected chi connectivity index (χ4v) is 2.93. The Labute approximate surface area is 122 Å². The number of morpholine rings is 1. The number of nitrogens with one attached hydrogen (secondary N) is 1. The van der Waals surface area contributed by atoms with Crippen molar-refractivity contribution in [2.24, 2.45) is 5.92 Å². The van der Waals surface area contributed by atoms with Crippen LogP contribution in [0, 0.1) is 5.92 Å². The molecule has 4 atom stereocenters. The SMILES string of the molecule is CC(CCO)NC(=O)C(C(C)C)N1CC(C)OC(C)C1. The highest BCUT2D eigenvalue weighted by molar-refractivity contribution is 5.82. The topological polar surface area (TPSA) is 61.8 Å². The molecule has 1 heterocycles. The maximum Gasteiger partial charge on any atom is 0.237 e. The summed E-state index contributed by atoms with van der Waals surface area (Å²) in [6.07, 6.45) is 0.900. The zero-order chi connectivity index (χ0) is 15.3. The predicted molar refractivity (Wildman–Crippen MR) is 79.5 cm³/mol. The van der Waals surface area contributed by atoms with Crippen LogP contribution in [-0.4, -0.2) is 59.9 Å². The van der Waals surface area contributed by atoms with Gasteiger partial charge in [0, 0.05) is 25.7 Å². The Kier molecular flexibility index (Phi) is 6.92. The largest absolute Gasteiger partial charge is 0.396 e. The van der Waals surface area contributed by atoms with Crippen LogP contribution < -0.4 is 5.32 Å². The van der Waals surface area contributed by atoms with Crippen molar-refractivity contribution in [2.75, 3.05) is 19.7 Å². The van der Waals surface area contributed by atoms with Gasteiger partial charge < -0.3 is 15.2 Å². The van der Waals surface area contributed by atoms with E-state index in [2.05, 4.69) is 24.1 Å². The molecule has 1 aliphatic heterocycles. The molecule has 0 aromatic carbocycles. The third kappa shape index (κ3) is 5.04. The minimum Gasteiger partial charge on any atom is -0.396 e. The van der Waals surface area contributed by atoms with Crippen LogP contribution in [0.15, 0.2) is 0 Å². The van der Waals surface area contributed by atoms with Crippen molar-refractivity contribution >= 4 is 5.91 Å². The molecule has 1 saturated heterocycles. The Morgan fingerprint density at radius 3 is 2.30 bits per heavy atom. The first-order chi connectivity index (χ1) is 9.35. The number of carbonyl (C=O) groups is 1. The number of rotatable bonds is 6. The second kappa shape index (κ2) is 7.96. The van der Waals surface area contributed by atoms with Crippen molar-refractivity contribution in [3.05, 3.63) is 0 Å². The van der Waals surface area contributed by atoms with Gasteiger partial charge in [-0.3, -0.25) is 9.69 Å². The molecule has 1 fully saturated rings. The first-order valence-electron chi connectivity index (χ1n) is 7.65. The van der Waals surface area contributed by atoms with Gasteiger partial charge in [-0.1, -0.05) is 13.8 Å². The third-order valence-electron chi connectivity index (χ3n) is 3.69. The first-order valence-corrected chi connectivity index (χ1v) is 7.65. The van der Waals surface area contributed by atoms with Crippen LogP contribution in [0.3, 0.4) is 0 Å². The van der Waals surface area contributed by atoms with E-state index in [-0.39, 0.29) is 42.7 Å². The molecule has 0 aromatic heterocycles. The molecule has 0 spiro atoms. The molecule has 0 radical (unpaired) electrons. The smallest absolute Gasteiger partial charge is 0.237 e. The van der Waals surface area contributed by atoms with Crippen molar-refractivity contribution in [1.29, 1.82) is 0 Å². The predicted octanol–water partition coefficient (Wildman–Crippen LogP) is 1.01. The molecule has 0 bridgehead atoms. The van der Waals surface area contributed by atoms with Gasteiger partial charge in [-0.2, -0.15) is 0 Å². The summed E-state index contributed by atoms with van der Waals surface area (Å²) in [5.74, 6) is 0.302. The molecule has 118 valence electrons. The maximum atomic E-state index is 12.5. The van der Waals surface area contributed by atoms with E-state index in [0.717, 1.165) is 13.1 Å². The number of aliphatic hydroxyl groups excluding tert-OH is 1. The molecule has 5 heteroatoms. The van der Waals surface area contributed by atoms with Gasteiger partial charge >= 0.3 is 0 Å². The molecule has 1 aliphatic rings. The minimum absolute atomic E-state index is 0.00429. The van der Waals surface area contributed by atoms with Crippen molar-refractivity contribution in [3.8, 4) is 0 Å². The highest BCUT2D eigenvalue weighted by atomic mass is 16.5. The normalized spacial score (nSPS) is 27.4. The van der Waals surface area contributed by atoms with E-state index in [1.807, 2.05) is 20.8 Å². The van der Waals surface area contributed by atoms with Gasteiger partial charge in [0.05, 0.1) is 18.2 Å². The molecular weight excluding hydrogens is 256 g/mol. The van der Waals surface area contributed by atoms with Crippen LogP contribution in [0.5, 0.6) is 0 Å². The summed E-state index contributed by atoms with van der Waals surface area (Å²) < 4.78 is 5.74. The van der Waals surface area contributed by atoms with Gasteiger partial charge in [-0.25, -0.2) is 0 Å². The number of nitrogens with zero attached hydrogens (tertiary/aromatic N) is 1. The highest BCUT2D eigenvalue weighted by Crippen LogP contribution is 2.18. The quantitative estimate of drug-likeness (QED) is 0.765. The lowest BCUT2D eigenvalue weighted by molar-refractivity contribution is -0.136. The Morgan fingerprint density at radius 1 is 1.30 bits per heavy atom. The van der Waals surface area contributed by atoms with Crippen LogP contribution >= 0.6 is 0 Å². The van der Waals surface area contributed by atoms with E-state index < -0.39 is 0 Å². The Hall–Kier alpha value is -0.650. The van der Waals surface area contributed by atoms with Crippen molar-refractivity contribution in [3.63, 3.8) is 0 Å². The average molecular weight is 286 g/mol. The van der Waals surface area contributed by atoms with Crippen LogP contribution in [0.2, 0.25) is 0 Å². The van der Waals surface area contributed by atoms with Crippen LogP contribution in [0.4, 0.5) is 0 Å². The van der Waals surface area contributed by atoms with Gasteiger partial charge in [0.15, 0.2) is 0 Å².